The molecule has 2 atom stereocenters. The maximum absolute atomic E-state index is 4.41. The number of hydrogen-bond donors (Lipinski definition) is 0. The highest BCUT2D eigenvalue weighted by molar-refractivity contribution is 5.61. The normalized spacial score (nSPS) is 23.9. The largest absolute Gasteiger partial charge is 0.366 e. The van der Waals surface area contributed by atoms with Gasteiger partial charge in [0, 0.05) is 54.9 Å². The van der Waals surface area contributed by atoms with Crippen LogP contribution in [0.3, 0.4) is 0 Å². The third-order valence-electron chi connectivity index (χ3n) is 5.18. The molecule has 0 saturated carbocycles. The van der Waals surface area contributed by atoms with Crippen LogP contribution in [0.5, 0.6) is 0 Å². The van der Waals surface area contributed by atoms with Crippen molar-refractivity contribution in [1.82, 2.24) is 14.9 Å². The molecule has 4 nitrogen and oxygen atoms in total. The van der Waals surface area contributed by atoms with Gasteiger partial charge in [-0.25, -0.2) is 9.97 Å². The first kappa shape index (κ1) is 14.6. The number of aryl methyl sites for hydroxylation is 1. The van der Waals surface area contributed by atoms with Crippen LogP contribution in [0.1, 0.15) is 25.8 Å². The molecule has 0 N–H and O–H groups in total. The van der Waals surface area contributed by atoms with Crippen LogP contribution in [-0.2, 0) is 0 Å². The average Bonchev–Trinajstić information content (AvgIpc) is 3.16. The van der Waals surface area contributed by atoms with Crippen molar-refractivity contribution in [1.29, 1.82) is 0 Å². The van der Waals surface area contributed by atoms with Crippen molar-refractivity contribution >= 4 is 5.69 Å². The molecule has 2 saturated heterocycles. The summed E-state index contributed by atoms with van der Waals surface area (Å²) in [5, 5.41) is 0. The van der Waals surface area contributed by atoms with Crippen LogP contribution in [0.15, 0.2) is 36.7 Å². The van der Waals surface area contributed by atoms with Crippen molar-refractivity contribution in [3.63, 3.8) is 0 Å². The Balaban J connectivity index is 1.51. The number of anilines is 1. The fraction of sp³-hybridized carbons (Fsp3) is 0.474. The van der Waals surface area contributed by atoms with Gasteiger partial charge in [0.25, 0.3) is 0 Å². The Morgan fingerprint density at radius 1 is 1.00 bits per heavy atom. The lowest BCUT2D eigenvalue weighted by Gasteiger charge is -2.37. The zero-order valence-electron chi connectivity index (χ0n) is 14.1. The van der Waals surface area contributed by atoms with E-state index in [4.69, 9.17) is 0 Å². The van der Waals surface area contributed by atoms with E-state index in [-0.39, 0.29) is 0 Å². The van der Waals surface area contributed by atoms with Crippen molar-refractivity contribution in [2.24, 2.45) is 0 Å². The van der Waals surface area contributed by atoms with Gasteiger partial charge in [0.1, 0.15) is 0 Å². The molecule has 0 aliphatic carbocycles. The maximum atomic E-state index is 4.41. The maximum Gasteiger partial charge on any atom is 0.159 e. The monoisotopic (exact) mass is 308 g/mol. The second-order valence-corrected chi connectivity index (χ2v) is 7.12. The van der Waals surface area contributed by atoms with Gasteiger partial charge in [-0.2, -0.15) is 0 Å². The zero-order valence-corrected chi connectivity index (χ0v) is 14.1. The number of nitrogens with zero attached hydrogens (tertiary/aromatic N) is 4. The summed E-state index contributed by atoms with van der Waals surface area (Å²) in [6.07, 6.45) is 5.05. The highest BCUT2D eigenvalue weighted by Gasteiger charge is 2.43. The smallest absolute Gasteiger partial charge is 0.159 e. The van der Waals surface area contributed by atoms with Crippen LogP contribution in [-0.4, -0.2) is 46.1 Å². The quantitative estimate of drug-likeness (QED) is 0.872. The number of hydrogen-bond acceptors (Lipinski definition) is 4. The van der Waals surface area contributed by atoms with Crippen LogP contribution in [0.2, 0.25) is 0 Å². The Morgan fingerprint density at radius 3 is 2.26 bits per heavy atom. The first-order valence-electron chi connectivity index (χ1n) is 8.53. The Bertz CT molecular complexity index is 678. The molecule has 1 aromatic carbocycles. The lowest BCUT2D eigenvalue weighted by atomic mass is 10.1. The molecule has 23 heavy (non-hydrogen) atoms. The molecular formula is C19H24N4. The number of likely N-dealkylation sites (tertiary alicyclic amines) is 1. The molecular weight excluding hydrogens is 284 g/mol. The molecule has 0 spiro atoms. The van der Waals surface area contributed by atoms with Crippen molar-refractivity contribution in [3.05, 3.63) is 42.2 Å². The van der Waals surface area contributed by atoms with Crippen molar-refractivity contribution in [3.8, 4) is 11.4 Å². The fourth-order valence-corrected chi connectivity index (χ4v) is 3.99. The highest BCUT2D eigenvalue weighted by Crippen LogP contribution is 2.36. The summed E-state index contributed by atoms with van der Waals surface area (Å²) in [6.45, 7) is 8.98. The Labute approximate surface area is 138 Å². The minimum atomic E-state index is 0.660. The van der Waals surface area contributed by atoms with E-state index in [2.05, 4.69) is 57.9 Å². The lowest BCUT2D eigenvalue weighted by Crippen LogP contribution is -2.48. The van der Waals surface area contributed by atoms with E-state index in [0.29, 0.717) is 12.1 Å². The number of fused-ring (bicyclic) bond motifs is 2. The minimum Gasteiger partial charge on any atom is -0.366 e. The fourth-order valence-electron chi connectivity index (χ4n) is 3.99. The molecule has 1 aromatic heterocycles. The van der Waals surface area contributed by atoms with Gasteiger partial charge in [-0.05, 0) is 57.0 Å². The van der Waals surface area contributed by atoms with Crippen molar-refractivity contribution in [2.45, 2.75) is 45.3 Å². The summed E-state index contributed by atoms with van der Waals surface area (Å²) >= 11 is 0. The molecule has 2 fully saturated rings. The van der Waals surface area contributed by atoms with E-state index < -0.39 is 0 Å². The predicted molar refractivity (Wildman–Crippen MR) is 93.6 cm³/mol. The molecule has 2 aromatic rings. The molecule has 120 valence electrons. The second kappa shape index (κ2) is 5.60. The zero-order chi connectivity index (χ0) is 16.0. The van der Waals surface area contributed by atoms with Gasteiger partial charge in [0.15, 0.2) is 5.82 Å². The molecule has 0 amide bonds. The molecule has 0 unspecified atom stereocenters. The summed E-state index contributed by atoms with van der Waals surface area (Å²) in [5.41, 5.74) is 3.51. The van der Waals surface area contributed by atoms with Gasteiger partial charge < -0.3 is 4.90 Å². The lowest BCUT2D eigenvalue weighted by molar-refractivity contribution is 0.191. The van der Waals surface area contributed by atoms with E-state index >= 15 is 0 Å². The van der Waals surface area contributed by atoms with Crippen LogP contribution in [0, 0.1) is 6.92 Å². The molecule has 0 radical (unpaired) electrons. The van der Waals surface area contributed by atoms with Gasteiger partial charge in [-0.3, -0.25) is 4.90 Å². The summed E-state index contributed by atoms with van der Waals surface area (Å²) in [4.78, 5) is 14.0. The Kier molecular flexibility index (Phi) is 3.57. The summed E-state index contributed by atoms with van der Waals surface area (Å²) in [5.74, 6) is 0.802. The third-order valence-corrected chi connectivity index (χ3v) is 5.18. The van der Waals surface area contributed by atoms with Crippen molar-refractivity contribution in [2.75, 3.05) is 18.0 Å². The average molecular weight is 308 g/mol. The highest BCUT2D eigenvalue weighted by atomic mass is 15.4. The second-order valence-electron chi connectivity index (χ2n) is 7.12. The van der Waals surface area contributed by atoms with Gasteiger partial charge in [-0.1, -0.05) is 0 Å². The van der Waals surface area contributed by atoms with Crippen LogP contribution < -0.4 is 4.90 Å². The topological polar surface area (TPSA) is 32.3 Å². The number of aromatic nitrogens is 2. The van der Waals surface area contributed by atoms with Crippen LogP contribution >= 0.6 is 0 Å². The summed E-state index contributed by atoms with van der Waals surface area (Å²) < 4.78 is 0. The van der Waals surface area contributed by atoms with E-state index in [1.54, 1.807) is 0 Å². The van der Waals surface area contributed by atoms with Crippen molar-refractivity contribution < 1.29 is 0 Å². The minimum absolute atomic E-state index is 0.660. The van der Waals surface area contributed by atoms with Crippen LogP contribution in [0.25, 0.3) is 11.4 Å². The molecule has 2 aliphatic rings. The standard InChI is InChI=1S/C19H24N4/c1-13(2)22-11-18-8-17(22)12-23(18)16-6-4-15(5-7-16)19-20-9-14(3)10-21-19/h4-7,9-10,13,17-18H,8,11-12H2,1-3H3/t17-,18-/m1/s1. The molecule has 2 bridgehead atoms. The first-order chi connectivity index (χ1) is 11.1. The number of rotatable bonds is 3. The predicted octanol–water partition coefficient (Wildman–Crippen LogP) is 3.12. The Morgan fingerprint density at radius 2 is 1.70 bits per heavy atom. The molecule has 4 rings (SSSR count). The van der Waals surface area contributed by atoms with Gasteiger partial charge >= 0.3 is 0 Å². The summed E-state index contributed by atoms with van der Waals surface area (Å²) in [7, 11) is 0. The summed E-state index contributed by atoms with van der Waals surface area (Å²) in [6, 6.07) is 10.8. The molecule has 2 aliphatic heterocycles. The van der Waals surface area contributed by atoms with E-state index in [9.17, 15) is 0 Å². The first-order valence-corrected chi connectivity index (χ1v) is 8.53. The van der Waals surface area contributed by atoms with E-state index in [0.717, 1.165) is 29.5 Å². The third kappa shape index (κ3) is 2.61. The van der Waals surface area contributed by atoms with E-state index in [1.165, 1.54) is 18.7 Å². The van der Waals surface area contributed by atoms with Gasteiger partial charge in [0.2, 0.25) is 0 Å². The van der Waals surface area contributed by atoms with Gasteiger partial charge in [0.05, 0.1) is 0 Å². The Hall–Kier alpha value is -1.94. The molecule has 3 heterocycles. The number of piperazine rings is 1. The van der Waals surface area contributed by atoms with Crippen LogP contribution in [0.4, 0.5) is 5.69 Å². The number of benzene rings is 1. The SMILES string of the molecule is Cc1cnc(-c2ccc(N3C[C@H]4C[C@@H]3CN4C(C)C)cc2)nc1. The molecule has 4 heteroatoms. The van der Waals surface area contributed by atoms with Gasteiger partial charge in [-0.15, -0.1) is 0 Å². The van der Waals surface area contributed by atoms with E-state index in [1.807, 2.05) is 19.3 Å².